The van der Waals surface area contributed by atoms with E-state index in [9.17, 15) is 17.6 Å². The number of carbonyl (C=O) groups is 1. The summed E-state index contributed by atoms with van der Waals surface area (Å²) in [6.45, 7) is 1.52. The van der Waals surface area contributed by atoms with Crippen LogP contribution >= 0.6 is 11.6 Å². The monoisotopic (exact) mass is 534 g/mol. The number of hydrogen-bond donors (Lipinski definition) is 2. The van der Waals surface area contributed by atoms with Crippen LogP contribution in [0.15, 0.2) is 53.6 Å². The first-order valence-corrected chi connectivity index (χ1v) is 13.5. The molecule has 11 heteroatoms. The van der Waals surface area contributed by atoms with Gasteiger partial charge in [-0.15, -0.1) is 0 Å². The number of nitrogens with zero attached hydrogens (tertiary/aromatic N) is 2. The molecule has 1 fully saturated rings. The lowest BCUT2D eigenvalue weighted by Crippen LogP contribution is -2.43. The fourth-order valence-corrected chi connectivity index (χ4v) is 6.10. The highest BCUT2D eigenvalue weighted by atomic mass is 35.5. The summed E-state index contributed by atoms with van der Waals surface area (Å²) in [5.74, 6) is -0.917. The Morgan fingerprint density at radius 2 is 1.94 bits per heavy atom. The van der Waals surface area contributed by atoms with Gasteiger partial charge in [0.25, 0.3) is 0 Å². The second-order valence-electron chi connectivity index (χ2n) is 8.56. The Kier molecular flexibility index (Phi) is 8.28. The summed E-state index contributed by atoms with van der Waals surface area (Å²) in [4.78, 5) is 16.7. The van der Waals surface area contributed by atoms with Gasteiger partial charge in [0.2, 0.25) is 15.9 Å². The molecule has 0 radical (unpaired) electrons. The molecule has 2 heterocycles. The first kappa shape index (κ1) is 26.1. The maximum absolute atomic E-state index is 13.7. The maximum atomic E-state index is 13.7. The molecule has 0 atom stereocenters. The molecule has 0 spiro atoms. The highest BCUT2D eigenvalue weighted by molar-refractivity contribution is 7.89. The summed E-state index contributed by atoms with van der Waals surface area (Å²) in [5, 5.41) is 7.92. The van der Waals surface area contributed by atoms with Gasteiger partial charge in [0.15, 0.2) is 0 Å². The highest BCUT2D eigenvalue weighted by Gasteiger charge is 2.33. The van der Waals surface area contributed by atoms with Crippen LogP contribution in [0.1, 0.15) is 19.3 Å². The summed E-state index contributed by atoms with van der Waals surface area (Å²) >= 11 is 6.03. The fraction of sp³-hybridized carbons (Fsp3) is 0.360. The molecule has 3 aromatic rings. The van der Waals surface area contributed by atoms with Gasteiger partial charge in [-0.25, -0.2) is 12.8 Å². The van der Waals surface area contributed by atoms with Gasteiger partial charge >= 0.3 is 0 Å². The number of methoxy groups -OCH3 is 1. The van der Waals surface area contributed by atoms with E-state index in [-0.39, 0.29) is 35.6 Å². The number of benzene rings is 2. The average molecular weight is 535 g/mol. The molecule has 0 aliphatic carbocycles. The molecule has 8 nitrogen and oxygen atoms in total. The van der Waals surface area contributed by atoms with Crippen molar-refractivity contribution in [2.45, 2.75) is 24.2 Å². The number of anilines is 1. The zero-order valence-corrected chi connectivity index (χ0v) is 21.4. The number of rotatable bonds is 9. The topological polar surface area (TPSA) is 101 Å². The number of fused-ring (bicyclic) bond motifs is 1. The zero-order valence-electron chi connectivity index (χ0n) is 19.8. The third-order valence-electron chi connectivity index (χ3n) is 6.24. The summed E-state index contributed by atoms with van der Waals surface area (Å²) in [7, 11) is -2.59. The van der Waals surface area contributed by atoms with E-state index in [2.05, 4.69) is 15.6 Å². The van der Waals surface area contributed by atoms with Crippen molar-refractivity contribution in [2.24, 2.45) is 5.92 Å². The van der Waals surface area contributed by atoms with Crippen LogP contribution in [-0.2, 0) is 14.8 Å². The van der Waals surface area contributed by atoms with Crippen molar-refractivity contribution < 1.29 is 22.3 Å². The van der Waals surface area contributed by atoms with Crippen LogP contribution < -0.4 is 15.4 Å². The van der Waals surface area contributed by atoms with Crippen molar-refractivity contribution in [3.8, 4) is 5.75 Å². The van der Waals surface area contributed by atoms with E-state index in [1.165, 1.54) is 17.5 Å². The number of hydrogen-bond acceptors (Lipinski definition) is 6. The Morgan fingerprint density at radius 1 is 1.17 bits per heavy atom. The van der Waals surface area contributed by atoms with Gasteiger partial charge in [-0.1, -0.05) is 11.6 Å². The first-order chi connectivity index (χ1) is 17.3. The predicted octanol–water partition coefficient (Wildman–Crippen LogP) is 4.06. The SMILES string of the molecule is COc1ccc(F)cc1S(=O)(=O)N1CCC(C(=O)NCCCNc2ccnc3cc(Cl)ccc23)CC1. The predicted molar refractivity (Wildman–Crippen MR) is 137 cm³/mol. The third kappa shape index (κ3) is 5.88. The molecule has 0 unspecified atom stereocenters. The number of nitrogens with one attached hydrogen (secondary N) is 2. The Balaban J connectivity index is 1.23. The van der Waals surface area contributed by atoms with Crippen molar-refractivity contribution in [2.75, 3.05) is 38.6 Å². The van der Waals surface area contributed by atoms with E-state index in [4.69, 9.17) is 16.3 Å². The zero-order chi connectivity index (χ0) is 25.7. The van der Waals surface area contributed by atoms with Gasteiger partial charge in [-0.3, -0.25) is 9.78 Å². The third-order valence-corrected chi connectivity index (χ3v) is 8.40. The molecule has 1 amide bonds. The smallest absolute Gasteiger partial charge is 0.246 e. The van der Waals surface area contributed by atoms with E-state index in [0.717, 1.165) is 35.1 Å². The van der Waals surface area contributed by atoms with Crippen molar-refractivity contribution >= 4 is 44.1 Å². The maximum Gasteiger partial charge on any atom is 0.246 e. The van der Waals surface area contributed by atoms with E-state index in [0.29, 0.717) is 31.0 Å². The van der Waals surface area contributed by atoms with Crippen LogP contribution in [0, 0.1) is 11.7 Å². The highest BCUT2D eigenvalue weighted by Crippen LogP contribution is 2.30. The lowest BCUT2D eigenvalue weighted by Gasteiger charge is -2.30. The van der Waals surface area contributed by atoms with Crippen molar-refractivity contribution in [1.29, 1.82) is 0 Å². The lowest BCUT2D eigenvalue weighted by atomic mass is 9.97. The van der Waals surface area contributed by atoms with Crippen LogP contribution in [0.25, 0.3) is 10.9 Å². The molecule has 1 aliphatic heterocycles. The molecule has 0 saturated carbocycles. The summed E-state index contributed by atoms with van der Waals surface area (Å²) < 4.78 is 46.1. The van der Waals surface area contributed by atoms with Gasteiger partial charge in [0.05, 0.1) is 12.6 Å². The summed E-state index contributed by atoms with van der Waals surface area (Å²) in [6.07, 6.45) is 3.23. The van der Waals surface area contributed by atoms with Gasteiger partial charge in [-0.05, 0) is 61.7 Å². The Bertz CT molecular complexity index is 1350. The lowest BCUT2D eigenvalue weighted by molar-refractivity contribution is -0.126. The standard InChI is InChI=1S/C25H28ClFN4O4S/c1-35-23-6-4-19(27)16-24(23)36(33,34)31-13-8-17(9-14-31)25(32)30-11-2-10-28-21-7-12-29-22-15-18(26)3-5-20(21)22/h3-7,12,15-17H,2,8-11,13-14H2,1H3,(H,28,29)(H,30,32). The number of aromatic nitrogens is 1. The summed E-state index contributed by atoms with van der Waals surface area (Å²) in [5.41, 5.74) is 1.76. The number of ether oxygens (including phenoxy) is 1. The molecule has 2 aromatic carbocycles. The normalized spacial score (nSPS) is 15.1. The number of sulfonamides is 1. The molecule has 36 heavy (non-hydrogen) atoms. The van der Waals surface area contributed by atoms with E-state index in [1.807, 2.05) is 24.3 Å². The average Bonchev–Trinajstić information content (AvgIpc) is 2.88. The number of amides is 1. The van der Waals surface area contributed by atoms with Gasteiger partial charge < -0.3 is 15.4 Å². The Hall–Kier alpha value is -2.95. The van der Waals surface area contributed by atoms with Crippen LogP contribution in [0.4, 0.5) is 10.1 Å². The van der Waals surface area contributed by atoms with Crippen LogP contribution in [-0.4, -0.2) is 56.9 Å². The molecular weight excluding hydrogens is 507 g/mol. The van der Waals surface area contributed by atoms with Crippen molar-refractivity contribution in [3.05, 3.63) is 59.5 Å². The second kappa shape index (κ2) is 11.4. The van der Waals surface area contributed by atoms with E-state index < -0.39 is 15.8 Å². The van der Waals surface area contributed by atoms with Gasteiger partial charge in [-0.2, -0.15) is 4.31 Å². The number of pyridine rings is 1. The van der Waals surface area contributed by atoms with Gasteiger partial charge in [0.1, 0.15) is 16.5 Å². The minimum absolute atomic E-state index is 0.0839. The molecule has 2 N–H and O–H groups in total. The minimum atomic E-state index is -3.93. The first-order valence-electron chi connectivity index (χ1n) is 11.7. The van der Waals surface area contributed by atoms with Gasteiger partial charge in [0, 0.05) is 54.4 Å². The second-order valence-corrected chi connectivity index (χ2v) is 10.9. The Labute approximate surface area is 214 Å². The van der Waals surface area contributed by atoms with E-state index in [1.54, 1.807) is 6.20 Å². The molecule has 192 valence electrons. The Morgan fingerprint density at radius 3 is 2.69 bits per heavy atom. The molecule has 1 saturated heterocycles. The molecule has 1 aliphatic rings. The molecular formula is C25H28ClFN4O4S. The summed E-state index contributed by atoms with van der Waals surface area (Å²) in [6, 6.07) is 10.9. The number of piperidine rings is 1. The molecule has 1 aromatic heterocycles. The fourth-order valence-electron chi connectivity index (χ4n) is 4.29. The van der Waals surface area contributed by atoms with E-state index >= 15 is 0 Å². The van der Waals surface area contributed by atoms with Crippen molar-refractivity contribution in [1.82, 2.24) is 14.6 Å². The molecule has 4 rings (SSSR count). The largest absolute Gasteiger partial charge is 0.495 e. The van der Waals surface area contributed by atoms with Crippen LogP contribution in [0.5, 0.6) is 5.75 Å². The van der Waals surface area contributed by atoms with Crippen LogP contribution in [0.2, 0.25) is 5.02 Å². The molecule has 0 bridgehead atoms. The minimum Gasteiger partial charge on any atom is -0.495 e. The number of carbonyl (C=O) groups excluding carboxylic acids is 1. The quantitative estimate of drug-likeness (QED) is 0.402. The number of halogens is 2. The van der Waals surface area contributed by atoms with Crippen molar-refractivity contribution in [3.63, 3.8) is 0 Å². The van der Waals surface area contributed by atoms with Crippen LogP contribution in [0.3, 0.4) is 0 Å².